The average Bonchev–Trinajstić information content (AvgIpc) is 3.58. The fourth-order valence-electron chi connectivity index (χ4n) is 3.97. The lowest BCUT2D eigenvalue weighted by Crippen LogP contribution is -2.47. The molecule has 0 aliphatic carbocycles. The molecule has 2 amide bonds. The highest BCUT2D eigenvalue weighted by atomic mass is 16.7. The van der Waals surface area contributed by atoms with E-state index in [1.807, 2.05) is 19.9 Å². The fraction of sp³-hybridized carbons (Fsp3) is 0.500. The van der Waals surface area contributed by atoms with Gasteiger partial charge in [-0.15, -0.1) is 0 Å². The van der Waals surface area contributed by atoms with Gasteiger partial charge in [0.1, 0.15) is 12.3 Å². The summed E-state index contributed by atoms with van der Waals surface area (Å²) in [5.41, 5.74) is 0.471. The second kappa shape index (κ2) is 10.1. The molecule has 1 fully saturated rings. The minimum atomic E-state index is -0.207. The molecule has 8 nitrogen and oxygen atoms in total. The van der Waals surface area contributed by atoms with Gasteiger partial charge in [-0.05, 0) is 56.5 Å². The van der Waals surface area contributed by atoms with E-state index in [2.05, 4.69) is 0 Å². The maximum absolute atomic E-state index is 13.4. The maximum atomic E-state index is 13.4. The van der Waals surface area contributed by atoms with E-state index in [1.165, 1.54) is 0 Å². The van der Waals surface area contributed by atoms with Crippen LogP contribution in [0, 0.1) is 0 Å². The van der Waals surface area contributed by atoms with Crippen LogP contribution in [0.3, 0.4) is 0 Å². The lowest BCUT2D eigenvalue weighted by molar-refractivity contribution is -0.134. The minimum absolute atomic E-state index is 0.00974. The van der Waals surface area contributed by atoms with Gasteiger partial charge < -0.3 is 28.4 Å². The second-order valence-electron chi connectivity index (χ2n) is 8.25. The Morgan fingerprint density at radius 1 is 1.19 bits per heavy atom. The van der Waals surface area contributed by atoms with Crippen LogP contribution in [0.15, 0.2) is 41.0 Å². The van der Waals surface area contributed by atoms with Gasteiger partial charge in [-0.1, -0.05) is 6.92 Å². The molecule has 0 N–H and O–H groups in total. The summed E-state index contributed by atoms with van der Waals surface area (Å²) in [7, 11) is 0. The normalized spacial score (nSPS) is 17.9. The molecule has 2 aliphatic heterocycles. The van der Waals surface area contributed by atoms with Crippen molar-refractivity contribution in [3.63, 3.8) is 0 Å². The molecule has 0 saturated carbocycles. The second-order valence-corrected chi connectivity index (χ2v) is 8.25. The van der Waals surface area contributed by atoms with Gasteiger partial charge in [-0.3, -0.25) is 9.59 Å². The number of carbonyl (C=O) groups is 2. The van der Waals surface area contributed by atoms with E-state index < -0.39 is 0 Å². The Balaban J connectivity index is 1.51. The zero-order valence-corrected chi connectivity index (χ0v) is 18.6. The lowest BCUT2D eigenvalue weighted by Gasteiger charge is -2.32. The van der Waals surface area contributed by atoms with E-state index in [0.29, 0.717) is 35.9 Å². The zero-order valence-electron chi connectivity index (χ0n) is 18.6. The van der Waals surface area contributed by atoms with Gasteiger partial charge in [0.25, 0.3) is 5.91 Å². The van der Waals surface area contributed by atoms with Gasteiger partial charge >= 0.3 is 0 Å². The van der Waals surface area contributed by atoms with E-state index in [0.717, 1.165) is 25.9 Å². The van der Waals surface area contributed by atoms with Crippen LogP contribution in [0.1, 0.15) is 49.2 Å². The molecule has 32 heavy (non-hydrogen) atoms. The van der Waals surface area contributed by atoms with Gasteiger partial charge in [-0.2, -0.15) is 0 Å². The monoisotopic (exact) mass is 442 g/mol. The summed E-state index contributed by atoms with van der Waals surface area (Å²) < 4.78 is 22.0. The van der Waals surface area contributed by atoms with Crippen LogP contribution < -0.4 is 9.47 Å². The van der Waals surface area contributed by atoms with Gasteiger partial charge in [0.2, 0.25) is 12.7 Å². The van der Waals surface area contributed by atoms with Crippen LogP contribution in [-0.4, -0.2) is 60.2 Å². The third-order valence-electron chi connectivity index (χ3n) is 6.04. The van der Waals surface area contributed by atoms with Crippen LogP contribution in [0.5, 0.6) is 11.5 Å². The standard InChI is InChI=1S/C24H30N2O6/c1-3-17(2)26(24(28)18-8-9-21-22(12-18)32-16-31-21)15-23(27)25(13-19-6-4-10-29-19)14-20-7-5-11-30-20/h4,6,8-10,12,17,20H,3,5,7,11,13-16H2,1-2H3/t17-,20-/m1/s1. The first-order chi connectivity index (χ1) is 15.5. The summed E-state index contributed by atoms with van der Waals surface area (Å²) in [5, 5.41) is 0. The van der Waals surface area contributed by atoms with E-state index in [-0.39, 0.29) is 37.3 Å². The van der Waals surface area contributed by atoms with Crippen molar-refractivity contribution in [3.05, 3.63) is 47.9 Å². The smallest absolute Gasteiger partial charge is 0.254 e. The number of hydrogen-bond acceptors (Lipinski definition) is 6. The average molecular weight is 443 g/mol. The van der Waals surface area contributed by atoms with E-state index in [4.69, 9.17) is 18.6 Å². The predicted molar refractivity (Wildman–Crippen MR) is 116 cm³/mol. The number of ether oxygens (including phenoxy) is 3. The first-order valence-corrected chi connectivity index (χ1v) is 11.2. The molecule has 1 aromatic carbocycles. The van der Waals surface area contributed by atoms with Crippen molar-refractivity contribution in [1.29, 1.82) is 0 Å². The van der Waals surface area contributed by atoms with Crippen molar-refractivity contribution in [2.75, 3.05) is 26.5 Å². The molecule has 0 bridgehead atoms. The SMILES string of the molecule is CC[C@@H](C)N(CC(=O)N(Cc1ccco1)C[C@H]1CCCO1)C(=O)c1ccc2c(c1)OCO2. The third kappa shape index (κ3) is 5.07. The van der Waals surface area contributed by atoms with Crippen molar-refractivity contribution < 1.29 is 28.2 Å². The quantitative estimate of drug-likeness (QED) is 0.592. The summed E-state index contributed by atoms with van der Waals surface area (Å²) in [4.78, 5) is 30.1. The molecule has 2 aromatic rings. The van der Waals surface area contributed by atoms with Crippen molar-refractivity contribution in [1.82, 2.24) is 9.80 Å². The largest absolute Gasteiger partial charge is 0.467 e. The molecule has 8 heteroatoms. The Kier molecular flexibility index (Phi) is 6.99. The maximum Gasteiger partial charge on any atom is 0.254 e. The zero-order chi connectivity index (χ0) is 22.5. The van der Waals surface area contributed by atoms with Crippen molar-refractivity contribution >= 4 is 11.8 Å². The van der Waals surface area contributed by atoms with E-state index >= 15 is 0 Å². The molecular formula is C24H30N2O6. The number of nitrogens with zero attached hydrogens (tertiary/aromatic N) is 2. The molecule has 4 rings (SSSR count). The predicted octanol–water partition coefficient (Wildman–Crippen LogP) is 3.46. The lowest BCUT2D eigenvalue weighted by atomic mass is 10.1. The molecule has 1 aromatic heterocycles. The summed E-state index contributed by atoms with van der Waals surface area (Å²) >= 11 is 0. The van der Waals surface area contributed by atoms with Crippen LogP contribution in [0.2, 0.25) is 0 Å². The van der Waals surface area contributed by atoms with Crippen LogP contribution >= 0.6 is 0 Å². The summed E-state index contributed by atoms with van der Waals surface area (Å²) in [5.74, 6) is 1.53. The molecule has 0 unspecified atom stereocenters. The summed E-state index contributed by atoms with van der Waals surface area (Å²) in [6.45, 7) is 5.62. The number of hydrogen-bond donors (Lipinski definition) is 0. The Morgan fingerprint density at radius 3 is 2.75 bits per heavy atom. The molecular weight excluding hydrogens is 412 g/mol. The molecule has 0 spiro atoms. The van der Waals surface area contributed by atoms with Crippen molar-refractivity contribution in [2.45, 2.75) is 51.8 Å². The third-order valence-corrected chi connectivity index (χ3v) is 6.04. The van der Waals surface area contributed by atoms with E-state index in [9.17, 15) is 9.59 Å². The first kappa shape index (κ1) is 22.2. The Labute approximate surface area is 188 Å². The molecule has 2 aliphatic rings. The Bertz CT molecular complexity index is 923. The minimum Gasteiger partial charge on any atom is -0.467 e. The number of carbonyl (C=O) groups excluding carboxylic acids is 2. The number of furan rings is 1. The summed E-state index contributed by atoms with van der Waals surface area (Å²) in [6, 6.07) is 8.66. The van der Waals surface area contributed by atoms with Crippen LogP contribution in [0.4, 0.5) is 0 Å². The van der Waals surface area contributed by atoms with Crippen LogP contribution in [0.25, 0.3) is 0 Å². The highest BCUT2D eigenvalue weighted by Gasteiger charge is 2.29. The highest BCUT2D eigenvalue weighted by Crippen LogP contribution is 2.33. The summed E-state index contributed by atoms with van der Waals surface area (Å²) in [6.07, 6.45) is 4.25. The first-order valence-electron chi connectivity index (χ1n) is 11.2. The molecule has 3 heterocycles. The van der Waals surface area contributed by atoms with Gasteiger partial charge in [-0.25, -0.2) is 0 Å². The molecule has 172 valence electrons. The number of benzene rings is 1. The number of fused-ring (bicyclic) bond motifs is 1. The van der Waals surface area contributed by atoms with Crippen molar-refractivity contribution in [2.24, 2.45) is 0 Å². The van der Waals surface area contributed by atoms with Gasteiger partial charge in [0.15, 0.2) is 11.5 Å². The van der Waals surface area contributed by atoms with Gasteiger partial charge in [0, 0.05) is 24.8 Å². The highest BCUT2D eigenvalue weighted by molar-refractivity contribution is 5.97. The molecule has 2 atom stereocenters. The van der Waals surface area contributed by atoms with E-state index in [1.54, 1.807) is 40.3 Å². The van der Waals surface area contributed by atoms with Crippen molar-refractivity contribution in [3.8, 4) is 11.5 Å². The fourth-order valence-corrected chi connectivity index (χ4v) is 3.97. The molecule has 0 radical (unpaired) electrons. The molecule has 1 saturated heterocycles. The van der Waals surface area contributed by atoms with Crippen LogP contribution in [-0.2, 0) is 16.1 Å². The number of amides is 2. The Hall–Kier alpha value is -3.00. The topological polar surface area (TPSA) is 81.5 Å². The number of rotatable bonds is 9. The van der Waals surface area contributed by atoms with Gasteiger partial charge in [0.05, 0.1) is 18.9 Å². The Morgan fingerprint density at radius 2 is 2.03 bits per heavy atom.